The van der Waals surface area contributed by atoms with E-state index in [0.717, 1.165) is 28.0 Å². The van der Waals surface area contributed by atoms with Crippen LogP contribution in [0.2, 0.25) is 0 Å². The van der Waals surface area contributed by atoms with Gasteiger partial charge in [0.15, 0.2) is 0 Å². The lowest BCUT2D eigenvalue weighted by Crippen LogP contribution is -2.28. The first-order valence-electron chi connectivity index (χ1n) is 5.20. The highest BCUT2D eigenvalue weighted by Gasteiger charge is 2.09. The standard InChI is InChI=1S/C12H15ClN2/c1-8(2)12-14-10-6-4-5-9(13)7-11(10)15(12)3/h5-8H,4H2,1-3H3. The predicted octanol–water partition coefficient (Wildman–Crippen LogP) is 1.63. The lowest BCUT2D eigenvalue weighted by Gasteiger charge is -2.03. The molecule has 15 heavy (non-hydrogen) atoms. The van der Waals surface area contributed by atoms with Crippen LogP contribution in [-0.4, -0.2) is 9.55 Å². The zero-order valence-corrected chi connectivity index (χ0v) is 10.0. The van der Waals surface area contributed by atoms with Crippen molar-refractivity contribution in [3.8, 4) is 0 Å². The Morgan fingerprint density at radius 3 is 2.80 bits per heavy atom. The topological polar surface area (TPSA) is 17.8 Å². The van der Waals surface area contributed by atoms with Crippen molar-refractivity contribution in [2.24, 2.45) is 7.05 Å². The molecule has 0 unspecified atom stereocenters. The van der Waals surface area contributed by atoms with Crippen LogP contribution in [-0.2, 0) is 7.05 Å². The second kappa shape index (κ2) is 3.86. The minimum absolute atomic E-state index is 0.437. The fourth-order valence-electron chi connectivity index (χ4n) is 1.86. The average molecular weight is 223 g/mol. The zero-order chi connectivity index (χ0) is 11.0. The van der Waals surface area contributed by atoms with Crippen molar-refractivity contribution < 1.29 is 0 Å². The summed E-state index contributed by atoms with van der Waals surface area (Å²) in [6, 6.07) is 0. The molecule has 0 aliphatic heterocycles. The summed E-state index contributed by atoms with van der Waals surface area (Å²) in [5, 5.41) is 2.95. The zero-order valence-electron chi connectivity index (χ0n) is 9.29. The van der Waals surface area contributed by atoms with Crippen LogP contribution in [0.5, 0.6) is 0 Å². The van der Waals surface area contributed by atoms with Gasteiger partial charge in [-0.3, -0.25) is 0 Å². The lowest BCUT2D eigenvalue weighted by molar-refractivity contribution is 0.701. The number of imidazole rings is 1. The van der Waals surface area contributed by atoms with E-state index in [2.05, 4.69) is 29.5 Å². The maximum atomic E-state index is 6.05. The van der Waals surface area contributed by atoms with Gasteiger partial charge in [-0.15, -0.1) is 0 Å². The summed E-state index contributed by atoms with van der Waals surface area (Å²) in [4.78, 5) is 4.63. The molecule has 0 amide bonds. The third-order valence-electron chi connectivity index (χ3n) is 2.62. The molecule has 2 rings (SSSR count). The summed E-state index contributed by atoms with van der Waals surface area (Å²) >= 11 is 6.05. The Morgan fingerprint density at radius 2 is 2.13 bits per heavy atom. The first-order valence-corrected chi connectivity index (χ1v) is 5.57. The van der Waals surface area contributed by atoms with Crippen molar-refractivity contribution in [2.75, 3.05) is 0 Å². The Kier molecular flexibility index (Phi) is 2.70. The van der Waals surface area contributed by atoms with E-state index in [0.29, 0.717) is 5.92 Å². The van der Waals surface area contributed by atoms with Gasteiger partial charge in [-0.25, -0.2) is 4.98 Å². The van der Waals surface area contributed by atoms with Crippen molar-refractivity contribution in [2.45, 2.75) is 26.2 Å². The molecular formula is C12H15ClN2. The molecular weight excluding hydrogens is 208 g/mol. The van der Waals surface area contributed by atoms with Crippen molar-refractivity contribution >= 4 is 23.8 Å². The molecule has 0 atom stereocenters. The molecule has 2 nitrogen and oxygen atoms in total. The molecule has 1 heterocycles. The first-order chi connectivity index (χ1) is 7.09. The van der Waals surface area contributed by atoms with Gasteiger partial charge in [0.1, 0.15) is 5.82 Å². The fraction of sp³-hybridized carbons (Fsp3) is 0.417. The van der Waals surface area contributed by atoms with Gasteiger partial charge in [-0.1, -0.05) is 37.6 Å². The van der Waals surface area contributed by atoms with Gasteiger partial charge in [0.25, 0.3) is 0 Å². The van der Waals surface area contributed by atoms with E-state index in [-0.39, 0.29) is 0 Å². The van der Waals surface area contributed by atoms with E-state index in [1.54, 1.807) is 0 Å². The van der Waals surface area contributed by atoms with Crippen molar-refractivity contribution in [3.63, 3.8) is 0 Å². The van der Waals surface area contributed by atoms with Gasteiger partial charge in [-0.2, -0.15) is 0 Å². The summed E-state index contributed by atoms with van der Waals surface area (Å²) < 4.78 is 2.12. The summed E-state index contributed by atoms with van der Waals surface area (Å²) in [5.41, 5.74) is 0. The Bertz CT molecular complexity index is 521. The number of hydrogen-bond donors (Lipinski definition) is 0. The lowest BCUT2D eigenvalue weighted by atomic mass is 10.2. The Morgan fingerprint density at radius 1 is 1.40 bits per heavy atom. The molecule has 1 aliphatic carbocycles. The molecule has 0 spiro atoms. The Labute approximate surface area is 94.6 Å². The Hall–Kier alpha value is -1.02. The number of halogens is 1. The number of nitrogens with zero attached hydrogens (tertiary/aromatic N) is 2. The second-order valence-electron chi connectivity index (χ2n) is 4.13. The molecule has 0 radical (unpaired) electrons. The summed E-state index contributed by atoms with van der Waals surface area (Å²) in [7, 11) is 2.04. The normalized spacial score (nSPS) is 15.1. The van der Waals surface area contributed by atoms with Crippen LogP contribution in [0.3, 0.4) is 0 Å². The van der Waals surface area contributed by atoms with Crippen LogP contribution in [0.15, 0.2) is 11.1 Å². The van der Waals surface area contributed by atoms with E-state index in [4.69, 9.17) is 11.6 Å². The van der Waals surface area contributed by atoms with Crippen LogP contribution in [0.25, 0.3) is 12.2 Å². The molecule has 0 saturated carbocycles. The monoisotopic (exact) mass is 222 g/mol. The SMILES string of the molecule is CC(C)c1nc2c(n1C)=CC(Cl)=CCC=2. The molecule has 0 N–H and O–H groups in total. The van der Waals surface area contributed by atoms with E-state index in [9.17, 15) is 0 Å². The first kappa shape index (κ1) is 10.5. The van der Waals surface area contributed by atoms with E-state index >= 15 is 0 Å². The number of aromatic nitrogens is 2. The van der Waals surface area contributed by atoms with Crippen LogP contribution >= 0.6 is 11.6 Å². The maximum absolute atomic E-state index is 6.05. The van der Waals surface area contributed by atoms with Crippen LogP contribution in [0.4, 0.5) is 0 Å². The smallest absolute Gasteiger partial charge is 0.112 e. The minimum atomic E-state index is 0.437. The highest BCUT2D eigenvalue weighted by atomic mass is 35.5. The van der Waals surface area contributed by atoms with Crippen LogP contribution in [0, 0.1) is 0 Å². The number of rotatable bonds is 1. The van der Waals surface area contributed by atoms with E-state index in [1.807, 2.05) is 19.2 Å². The van der Waals surface area contributed by atoms with Gasteiger partial charge >= 0.3 is 0 Å². The summed E-state index contributed by atoms with van der Waals surface area (Å²) in [6.45, 7) is 4.30. The number of fused-ring (bicyclic) bond motifs is 1. The summed E-state index contributed by atoms with van der Waals surface area (Å²) in [5.74, 6) is 1.55. The van der Waals surface area contributed by atoms with Crippen molar-refractivity contribution in [1.82, 2.24) is 9.55 Å². The van der Waals surface area contributed by atoms with E-state index in [1.165, 1.54) is 0 Å². The van der Waals surface area contributed by atoms with Gasteiger partial charge in [0.2, 0.25) is 0 Å². The van der Waals surface area contributed by atoms with Crippen molar-refractivity contribution in [1.29, 1.82) is 0 Å². The minimum Gasteiger partial charge on any atom is -0.331 e. The highest BCUT2D eigenvalue weighted by Crippen LogP contribution is 2.09. The maximum Gasteiger partial charge on any atom is 0.112 e. The molecule has 0 fully saturated rings. The quantitative estimate of drug-likeness (QED) is 0.707. The summed E-state index contributed by atoms with van der Waals surface area (Å²) in [6.07, 6.45) is 6.96. The van der Waals surface area contributed by atoms with E-state index < -0.39 is 0 Å². The predicted molar refractivity (Wildman–Crippen MR) is 64.0 cm³/mol. The van der Waals surface area contributed by atoms with Gasteiger partial charge in [0.05, 0.1) is 10.7 Å². The van der Waals surface area contributed by atoms with Gasteiger partial charge in [0, 0.05) is 18.0 Å². The molecule has 1 aromatic heterocycles. The molecule has 0 saturated heterocycles. The molecule has 0 bridgehead atoms. The largest absolute Gasteiger partial charge is 0.331 e. The molecule has 1 aliphatic rings. The molecule has 3 heteroatoms. The highest BCUT2D eigenvalue weighted by molar-refractivity contribution is 6.34. The number of hydrogen-bond acceptors (Lipinski definition) is 1. The average Bonchev–Trinajstić information content (AvgIpc) is 2.38. The molecule has 0 aromatic carbocycles. The third-order valence-corrected chi connectivity index (χ3v) is 2.88. The van der Waals surface area contributed by atoms with Gasteiger partial charge in [-0.05, 0) is 12.5 Å². The van der Waals surface area contributed by atoms with Crippen LogP contribution in [0.1, 0.15) is 32.0 Å². The van der Waals surface area contributed by atoms with Gasteiger partial charge < -0.3 is 4.57 Å². The Balaban J connectivity index is 2.74. The molecule has 1 aromatic rings. The van der Waals surface area contributed by atoms with Crippen LogP contribution < -0.4 is 10.7 Å². The number of allylic oxidation sites excluding steroid dienone is 2. The second-order valence-corrected chi connectivity index (χ2v) is 4.56. The third kappa shape index (κ3) is 1.86. The van der Waals surface area contributed by atoms with Crippen molar-refractivity contribution in [3.05, 3.63) is 27.6 Å². The molecule has 80 valence electrons. The fourth-order valence-corrected chi connectivity index (χ4v) is 2.05.